The Morgan fingerprint density at radius 3 is 3.00 bits per heavy atom. The molecule has 3 rings (SSSR count). The number of fused-ring (bicyclic) bond motifs is 5. The highest BCUT2D eigenvalue weighted by Crippen LogP contribution is 2.62. The maximum atomic E-state index is 12.1. The van der Waals surface area contributed by atoms with Crippen LogP contribution in [0.25, 0.3) is 0 Å². The smallest absolute Gasteiger partial charge is 0.228 e. The van der Waals surface area contributed by atoms with Crippen LogP contribution >= 0.6 is 0 Å². The zero-order valence-electron chi connectivity index (χ0n) is 10.4. The first kappa shape index (κ1) is 10.8. The van der Waals surface area contributed by atoms with Gasteiger partial charge in [0.2, 0.25) is 5.91 Å². The van der Waals surface area contributed by atoms with E-state index in [1.807, 2.05) is 6.07 Å². The molecule has 2 bridgehead atoms. The second-order valence-electron chi connectivity index (χ2n) is 5.76. The lowest BCUT2D eigenvalue weighted by molar-refractivity contribution is -0.125. The summed E-state index contributed by atoms with van der Waals surface area (Å²) in [6.45, 7) is 4.41. The predicted octanol–water partition coefficient (Wildman–Crippen LogP) is 2.37. The van der Waals surface area contributed by atoms with E-state index in [-0.39, 0.29) is 5.91 Å². The van der Waals surface area contributed by atoms with Crippen LogP contribution in [0.4, 0.5) is 0 Å². The van der Waals surface area contributed by atoms with Crippen LogP contribution in [0.5, 0.6) is 0 Å². The molecule has 1 fully saturated rings. The number of rotatable bonds is 2. The van der Waals surface area contributed by atoms with Crippen molar-refractivity contribution in [2.75, 3.05) is 0 Å². The number of carbonyl (C=O) groups is 1. The molecule has 1 aromatic carbocycles. The molecular weight excluding hydrogens is 210 g/mol. The Kier molecular flexibility index (Phi) is 2.13. The van der Waals surface area contributed by atoms with E-state index in [1.54, 1.807) is 0 Å². The van der Waals surface area contributed by atoms with Crippen molar-refractivity contribution in [2.24, 2.45) is 17.6 Å². The predicted molar refractivity (Wildman–Crippen MR) is 66.5 cm³/mol. The Labute approximate surface area is 102 Å². The average molecular weight is 228 g/mol. The third-order valence-corrected chi connectivity index (χ3v) is 4.79. The average Bonchev–Trinajstić information content (AvgIpc) is 2.82. The topological polar surface area (TPSA) is 43.1 Å². The summed E-state index contributed by atoms with van der Waals surface area (Å²) in [7, 11) is 0. The van der Waals surface area contributed by atoms with Crippen LogP contribution in [0.2, 0.25) is 0 Å². The first-order valence-electron chi connectivity index (χ1n) is 6.39. The van der Waals surface area contributed by atoms with Gasteiger partial charge in [-0.3, -0.25) is 4.79 Å². The minimum absolute atomic E-state index is 0.136. The SMILES string of the molecule is CC(C)C1C2CCC1(C(N)=O)c1cc[c]cc12. The molecule has 2 N–H and O–H groups in total. The molecular formula is C15H18NO. The molecule has 2 aliphatic rings. The van der Waals surface area contributed by atoms with Gasteiger partial charge in [0.1, 0.15) is 0 Å². The van der Waals surface area contributed by atoms with Gasteiger partial charge in [-0.2, -0.15) is 0 Å². The van der Waals surface area contributed by atoms with Gasteiger partial charge in [0.05, 0.1) is 5.41 Å². The Bertz CT molecular complexity index is 480. The van der Waals surface area contributed by atoms with Crippen LogP contribution in [0.1, 0.15) is 43.7 Å². The van der Waals surface area contributed by atoms with E-state index in [2.05, 4.69) is 32.0 Å². The van der Waals surface area contributed by atoms with Gasteiger partial charge >= 0.3 is 0 Å². The van der Waals surface area contributed by atoms with Crippen molar-refractivity contribution < 1.29 is 4.79 Å². The van der Waals surface area contributed by atoms with Crippen molar-refractivity contribution in [2.45, 2.75) is 38.0 Å². The highest BCUT2D eigenvalue weighted by molar-refractivity contribution is 5.90. The quantitative estimate of drug-likeness (QED) is 0.829. The lowest BCUT2D eigenvalue weighted by atomic mass is 9.71. The third-order valence-electron chi connectivity index (χ3n) is 4.79. The lowest BCUT2D eigenvalue weighted by Gasteiger charge is -2.32. The number of hydrogen-bond donors (Lipinski definition) is 1. The highest BCUT2D eigenvalue weighted by atomic mass is 16.1. The Morgan fingerprint density at radius 2 is 2.35 bits per heavy atom. The molecule has 1 saturated carbocycles. The van der Waals surface area contributed by atoms with Gasteiger partial charge in [0, 0.05) is 0 Å². The molecule has 17 heavy (non-hydrogen) atoms. The standard InChI is InChI=1S/C15H18NO/c1-9(2)13-11-7-8-15(13,14(16)17)12-6-4-3-5-10(11)12/h4-6,9,11,13H,7-8H2,1-2H3,(H2,16,17). The number of benzene rings is 1. The van der Waals surface area contributed by atoms with Gasteiger partial charge in [-0.15, -0.1) is 0 Å². The maximum Gasteiger partial charge on any atom is 0.228 e. The second-order valence-corrected chi connectivity index (χ2v) is 5.76. The largest absolute Gasteiger partial charge is 0.369 e. The second kappa shape index (κ2) is 3.34. The van der Waals surface area contributed by atoms with Gasteiger partial charge < -0.3 is 5.73 Å². The number of hydrogen-bond acceptors (Lipinski definition) is 1. The molecule has 0 spiro atoms. The summed E-state index contributed by atoms with van der Waals surface area (Å²) in [5, 5.41) is 0. The minimum Gasteiger partial charge on any atom is -0.369 e. The zero-order valence-corrected chi connectivity index (χ0v) is 10.4. The molecule has 1 amide bonds. The highest BCUT2D eigenvalue weighted by Gasteiger charge is 2.60. The molecule has 0 saturated heterocycles. The molecule has 2 heteroatoms. The first-order valence-corrected chi connectivity index (χ1v) is 6.39. The summed E-state index contributed by atoms with van der Waals surface area (Å²) < 4.78 is 0. The van der Waals surface area contributed by atoms with Crippen molar-refractivity contribution >= 4 is 5.91 Å². The number of amides is 1. The fraction of sp³-hybridized carbons (Fsp3) is 0.533. The fourth-order valence-corrected chi connectivity index (χ4v) is 4.35. The Morgan fingerprint density at radius 1 is 1.59 bits per heavy atom. The molecule has 0 aliphatic heterocycles. The minimum atomic E-state index is -0.400. The van der Waals surface area contributed by atoms with E-state index in [4.69, 9.17) is 5.73 Å². The first-order chi connectivity index (χ1) is 8.09. The molecule has 0 aromatic heterocycles. The summed E-state index contributed by atoms with van der Waals surface area (Å²) in [6, 6.07) is 9.15. The summed E-state index contributed by atoms with van der Waals surface area (Å²) in [5.74, 6) is 1.24. The summed E-state index contributed by atoms with van der Waals surface area (Å²) in [5.41, 5.74) is 7.86. The van der Waals surface area contributed by atoms with Gasteiger partial charge in [-0.05, 0) is 47.8 Å². The van der Waals surface area contributed by atoms with E-state index in [9.17, 15) is 4.79 Å². The van der Waals surface area contributed by atoms with E-state index in [0.29, 0.717) is 17.8 Å². The van der Waals surface area contributed by atoms with Gasteiger partial charge in [-0.1, -0.05) is 32.0 Å². The fourth-order valence-electron chi connectivity index (χ4n) is 4.35. The van der Waals surface area contributed by atoms with Crippen LogP contribution in [0.15, 0.2) is 18.2 Å². The van der Waals surface area contributed by atoms with Crippen molar-refractivity contribution in [3.8, 4) is 0 Å². The molecule has 3 unspecified atom stereocenters. The molecule has 1 aromatic rings. The Balaban J connectivity index is 2.24. The van der Waals surface area contributed by atoms with Crippen LogP contribution in [-0.2, 0) is 10.2 Å². The lowest BCUT2D eigenvalue weighted by Crippen LogP contribution is -2.44. The molecule has 89 valence electrons. The molecule has 0 heterocycles. The molecule has 3 atom stereocenters. The number of carbonyl (C=O) groups excluding carboxylic acids is 1. The van der Waals surface area contributed by atoms with Gasteiger partial charge in [-0.25, -0.2) is 0 Å². The molecule has 1 radical (unpaired) electrons. The summed E-state index contributed by atoms with van der Waals surface area (Å²) in [4.78, 5) is 12.1. The van der Waals surface area contributed by atoms with E-state index >= 15 is 0 Å². The van der Waals surface area contributed by atoms with Crippen molar-refractivity contribution in [3.63, 3.8) is 0 Å². The van der Waals surface area contributed by atoms with Crippen LogP contribution in [0.3, 0.4) is 0 Å². The monoisotopic (exact) mass is 228 g/mol. The van der Waals surface area contributed by atoms with E-state index in [1.165, 1.54) is 11.1 Å². The summed E-state index contributed by atoms with van der Waals surface area (Å²) in [6.07, 6.45) is 2.02. The van der Waals surface area contributed by atoms with Gasteiger partial charge in [0.25, 0.3) is 0 Å². The van der Waals surface area contributed by atoms with Gasteiger partial charge in [0.15, 0.2) is 0 Å². The van der Waals surface area contributed by atoms with Crippen molar-refractivity contribution in [1.29, 1.82) is 0 Å². The third kappa shape index (κ3) is 1.13. The van der Waals surface area contributed by atoms with Crippen molar-refractivity contribution in [3.05, 3.63) is 35.4 Å². The van der Waals surface area contributed by atoms with Crippen LogP contribution in [0, 0.1) is 17.9 Å². The summed E-state index contributed by atoms with van der Waals surface area (Å²) >= 11 is 0. The normalized spacial score (nSPS) is 34.1. The van der Waals surface area contributed by atoms with Crippen LogP contribution < -0.4 is 5.73 Å². The van der Waals surface area contributed by atoms with Crippen LogP contribution in [-0.4, -0.2) is 5.91 Å². The molecule has 2 nitrogen and oxygen atoms in total. The molecule has 2 aliphatic carbocycles. The number of primary amides is 1. The van der Waals surface area contributed by atoms with Crippen molar-refractivity contribution in [1.82, 2.24) is 0 Å². The Hall–Kier alpha value is -1.31. The zero-order chi connectivity index (χ0) is 12.2. The maximum absolute atomic E-state index is 12.1. The number of nitrogens with two attached hydrogens (primary N) is 1. The van der Waals surface area contributed by atoms with E-state index in [0.717, 1.165) is 12.8 Å². The van der Waals surface area contributed by atoms with E-state index < -0.39 is 5.41 Å².